The molecule has 0 fully saturated rings. The van der Waals surface area contributed by atoms with Gasteiger partial charge in [-0.05, 0) is 54.6 Å². The zero-order valence-electron chi connectivity index (χ0n) is 22.4. The Balaban J connectivity index is 1.31. The lowest BCUT2D eigenvalue weighted by Gasteiger charge is -2.12. The quantitative estimate of drug-likeness (QED) is 0.193. The second-order valence-electron chi connectivity index (χ2n) is 8.98. The summed E-state index contributed by atoms with van der Waals surface area (Å²) in [6.07, 6.45) is 2.65. The van der Waals surface area contributed by atoms with E-state index in [0.717, 1.165) is 6.07 Å². The number of carbonyl (C=O) groups excluding carboxylic acids is 1. The monoisotopic (exact) mass is 590 g/mol. The molecule has 13 heteroatoms. The first kappa shape index (κ1) is 29.1. The molecule has 3 aromatic carbocycles. The number of hydrogen-bond acceptors (Lipinski definition) is 9. The van der Waals surface area contributed by atoms with E-state index in [0.29, 0.717) is 11.2 Å². The van der Waals surface area contributed by atoms with Crippen molar-refractivity contribution < 1.29 is 38.0 Å². The molecular weight excluding hydrogens is 566 g/mol. The average Bonchev–Trinajstić information content (AvgIpc) is 2.99. The van der Waals surface area contributed by atoms with E-state index < -0.39 is 23.1 Å². The van der Waals surface area contributed by atoms with E-state index in [-0.39, 0.29) is 66.2 Å². The van der Waals surface area contributed by atoms with Gasteiger partial charge in [-0.2, -0.15) is 0 Å². The Kier molecular flexibility index (Phi) is 8.84. The average molecular weight is 591 g/mol. The summed E-state index contributed by atoms with van der Waals surface area (Å²) in [6, 6.07) is 14.5. The number of nitrogens with zero attached hydrogens (tertiary/aromatic N) is 3. The highest BCUT2D eigenvalue weighted by molar-refractivity contribution is 6.04. The van der Waals surface area contributed by atoms with Gasteiger partial charge in [0.15, 0.2) is 23.1 Å². The maximum atomic E-state index is 15.0. The molecule has 0 spiro atoms. The largest absolute Gasteiger partial charge is 0.504 e. The van der Waals surface area contributed by atoms with Crippen molar-refractivity contribution in [2.75, 3.05) is 31.7 Å². The third kappa shape index (κ3) is 6.74. The maximum absolute atomic E-state index is 15.0. The van der Waals surface area contributed by atoms with Gasteiger partial charge in [0.2, 0.25) is 5.88 Å². The van der Waals surface area contributed by atoms with Crippen molar-refractivity contribution in [3.05, 3.63) is 107 Å². The van der Waals surface area contributed by atoms with Crippen LogP contribution in [0.3, 0.4) is 0 Å². The van der Waals surface area contributed by atoms with Crippen LogP contribution in [0.15, 0.2) is 84.0 Å². The van der Waals surface area contributed by atoms with E-state index in [1.54, 1.807) is 0 Å². The minimum absolute atomic E-state index is 0.0422. The molecule has 0 radical (unpaired) electrons. The maximum Gasteiger partial charge on any atom is 0.267 e. The zero-order chi connectivity index (χ0) is 30.3. The first-order valence-corrected chi connectivity index (χ1v) is 12.9. The number of ether oxygens (including phenoxy) is 3. The van der Waals surface area contributed by atoms with Gasteiger partial charge in [0.25, 0.3) is 11.5 Å². The number of amides is 1. The summed E-state index contributed by atoms with van der Waals surface area (Å²) in [7, 11) is 0. The number of phenolic OH excluding ortho intramolecular Hbond substituents is 1. The topological polar surface area (TPSA) is 145 Å². The van der Waals surface area contributed by atoms with Crippen LogP contribution in [-0.2, 0) is 4.74 Å². The third-order valence-corrected chi connectivity index (χ3v) is 6.09. The van der Waals surface area contributed by atoms with Gasteiger partial charge >= 0.3 is 0 Å². The van der Waals surface area contributed by atoms with Crippen LogP contribution in [0, 0.1) is 11.6 Å². The smallest absolute Gasteiger partial charge is 0.267 e. The van der Waals surface area contributed by atoms with E-state index in [4.69, 9.17) is 19.3 Å². The second kappa shape index (κ2) is 13.1. The lowest BCUT2D eigenvalue weighted by molar-refractivity contribution is 0.0699. The van der Waals surface area contributed by atoms with Crippen LogP contribution in [0.5, 0.6) is 23.1 Å². The summed E-state index contributed by atoms with van der Waals surface area (Å²) < 4.78 is 45.8. The van der Waals surface area contributed by atoms with E-state index >= 15 is 4.39 Å². The number of benzene rings is 3. The summed E-state index contributed by atoms with van der Waals surface area (Å²) >= 11 is 0. The molecular formula is C30H24F2N4O7. The lowest BCUT2D eigenvalue weighted by Crippen LogP contribution is -2.27. The van der Waals surface area contributed by atoms with E-state index in [1.165, 1.54) is 77.8 Å². The van der Waals surface area contributed by atoms with Gasteiger partial charge in [0.1, 0.15) is 24.3 Å². The molecule has 0 atom stereocenters. The highest BCUT2D eigenvalue weighted by Gasteiger charge is 2.17. The molecule has 5 aromatic rings. The van der Waals surface area contributed by atoms with Crippen molar-refractivity contribution in [2.45, 2.75) is 0 Å². The number of rotatable bonds is 11. The molecule has 43 heavy (non-hydrogen) atoms. The molecule has 0 aliphatic carbocycles. The highest BCUT2D eigenvalue weighted by Crippen LogP contribution is 2.36. The number of hydrogen-bond donors (Lipinski definition) is 3. The molecule has 1 amide bonds. The number of anilines is 1. The molecule has 220 valence electrons. The van der Waals surface area contributed by atoms with Crippen molar-refractivity contribution in [3.8, 4) is 28.8 Å². The lowest BCUT2D eigenvalue weighted by atomic mass is 10.2. The van der Waals surface area contributed by atoms with Crippen LogP contribution in [0.2, 0.25) is 0 Å². The number of phenols is 1. The number of aliphatic hydroxyl groups excluding tert-OH is 1. The molecule has 11 nitrogen and oxygen atoms in total. The van der Waals surface area contributed by atoms with Crippen molar-refractivity contribution in [3.63, 3.8) is 0 Å². The molecule has 0 saturated heterocycles. The molecule has 5 rings (SSSR count). The Morgan fingerprint density at radius 3 is 2.53 bits per heavy atom. The number of aromatic nitrogens is 3. The predicted octanol–water partition coefficient (Wildman–Crippen LogP) is 4.20. The Bertz CT molecular complexity index is 1830. The fourth-order valence-electron chi connectivity index (χ4n) is 4.06. The minimum atomic E-state index is -0.839. The Labute approximate surface area is 242 Å². The van der Waals surface area contributed by atoms with Gasteiger partial charge in [0, 0.05) is 29.7 Å². The Hall–Kier alpha value is -5.40. The van der Waals surface area contributed by atoms with Crippen molar-refractivity contribution >= 4 is 22.5 Å². The zero-order valence-corrected chi connectivity index (χ0v) is 22.4. The molecule has 0 saturated carbocycles. The Morgan fingerprint density at radius 1 is 0.953 bits per heavy atom. The fourth-order valence-corrected chi connectivity index (χ4v) is 4.06. The SMILES string of the molecule is O=C(Nc1ccc(Oc2ncnc3cc(OCCOCCO)c(O)cc23)c(F)c1)c1cccn(-c2ccc(F)cc2)c1=O. The number of pyridine rings is 1. The van der Waals surface area contributed by atoms with Crippen molar-refractivity contribution in [2.24, 2.45) is 0 Å². The number of halogens is 2. The van der Waals surface area contributed by atoms with Gasteiger partial charge in [0.05, 0.1) is 30.7 Å². The molecule has 0 bridgehead atoms. The molecule has 3 N–H and O–H groups in total. The number of nitrogens with one attached hydrogen (secondary N) is 1. The van der Waals surface area contributed by atoms with E-state index in [2.05, 4.69) is 15.3 Å². The fraction of sp³-hybridized carbons (Fsp3) is 0.133. The van der Waals surface area contributed by atoms with Crippen LogP contribution in [0.25, 0.3) is 16.6 Å². The van der Waals surface area contributed by atoms with Gasteiger partial charge in [-0.1, -0.05) is 0 Å². The second-order valence-corrected chi connectivity index (χ2v) is 8.98. The van der Waals surface area contributed by atoms with Gasteiger partial charge in [-0.3, -0.25) is 14.2 Å². The first-order chi connectivity index (χ1) is 20.8. The first-order valence-electron chi connectivity index (χ1n) is 12.9. The predicted molar refractivity (Wildman–Crippen MR) is 151 cm³/mol. The van der Waals surface area contributed by atoms with Crippen LogP contribution in [0.1, 0.15) is 10.4 Å². The Morgan fingerprint density at radius 2 is 1.77 bits per heavy atom. The highest BCUT2D eigenvalue weighted by atomic mass is 19.1. The molecule has 2 heterocycles. The molecule has 0 unspecified atom stereocenters. The number of aromatic hydroxyl groups is 1. The standard InChI is InChI=1S/C30H24F2N4O7/c31-18-3-6-20(7-4-18)36-9-1-2-21(30(36)40)28(39)35-19-5-8-26(23(32)14-19)43-29-22-15-25(38)27(16-24(22)33-17-34-29)42-13-12-41-11-10-37/h1-9,14-17,37-38H,10-13H2,(H,35,39). The normalized spacial score (nSPS) is 11.0. The minimum Gasteiger partial charge on any atom is -0.504 e. The number of fused-ring (bicyclic) bond motifs is 1. The van der Waals surface area contributed by atoms with Crippen LogP contribution >= 0.6 is 0 Å². The molecule has 0 aliphatic rings. The number of carbonyl (C=O) groups is 1. The van der Waals surface area contributed by atoms with Crippen LogP contribution < -0.4 is 20.3 Å². The van der Waals surface area contributed by atoms with Crippen molar-refractivity contribution in [1.82, 2.24) is 14.5 Å². The summed E-state index contributed by atoms with van der Waals surface area (Å²) in [4.78, 5) is 34.0. The summed E-state index contributed by atoms with van der Waals surface area (Å²) in [5.41, 5.74) is -0.0731. The van der Waals surface area contributed by atoms with Crippen LogP contribution in [0.4, 0.5) is 14.5 Å². The summed E-state index contributed by atoms with van der Waals surface area (Å²) in [5.74, 6) is -2.44. The van der Waals surface area contributed by atoms with E-state index in [9.17, 15) is 19.1 Å². The van der Waals surface area contributed by atoms with E-state index in [1.807, 2.05) is 0 Å². The van der Waals surface area contributed by atoms with Gasteiger partial charge in [-0.15, -0.1) is 0 Å². The van der Waals surface area contributed by atoms with Gasteiger partial charge in [-0.25, -0.2) is 18.7 Å². The summed E-state index contributed by atoms with van der Waals surface area (Å²) in [5, 5.41) is 21.9. The van der Waals surface area contributed by atoms with Crippen molar-refractivity contribution in [1.29, 1.82) is 0 Å². The summed E-state index contributed by atoms with van der Waals surface area (Å²) in [6.45, 7) is 0.369. The molecule has 2 aromatic heterocycles. The van der Waals surface area contributed by atoms with Crippen LogP contribution in [-0.4, -0.2) is 57.1 Å². The van der Waals surface area contributed by atoms with Gasteiger partial charge < -0.3 is 29.7 Å². The number of aliphatic hydroxyl groups is 1. The molecule has 0 aliphatic heterocycles. The third-order valence-electron chi connectivity index (χ3n) is 6.09.